The van der Waals surface area contributed by atoms with Gasteiger partial charge < -0.3 is 25.0 Å². The highest BCUT2D eigenvalue weighted by molar-refractivity contribution is 5.79. The van der Waals surface area contributed by atoms with Crippen LogP contribution in [0, 0.1) is 5.92 Å². The van der Waals surface area contributed by atoms with E-state index in [4.69, 9.17) is 14.5 Å². The number of nitrogens with zero attached hydrogens (tertiary/aromatic N) is 2. The van der Waals surface area contributed by atoms with Gasteiger partial charge in [0.1, 0.15) is 0 Å². The van der Waals surface area contributed by atoms with E-state index in [1.165, 1.54) is 5.56 Å². The van der Waals surface area contributed by atoms with Crippen LogP contribution < -0.4 is 10.6 Å². The normalized spacial score (nSPS) is 20.2. The largest absolute Gasteiger partial charge is 0.385 e. The SMILES string of the molecule is CCNC(=NCC1CCOC1c1ccccc1)NCCN(C)CCCOC. The van der Waals surface area contributed by atoms with Crippen molar-refractivity contribution in [1.82, 2.24) is 15.5 Å². The van der Waals surface area contributed by atoms with Crippen LogP contribution in [0.5, 0.6) is 0 Å². The summed E-state index contributed by atoms with van der Waals surface area (Å²) in [5.41, 5.74) is 1.26. The Morgan fingerprint density at radius 3 is 2.81 bits per heavy atom. The molecule has 1 fully saturated rings. The van der Waals surface area contributed by atoms with E-state index in [1.807, 2.05) is 6.07 Å². The van der Waals surface area contributed by atoms with Gasteiger partial charge in [0.15, 0.2) is 5.96 Å². The highest BCUT2D eigenvalue weighted by Crippen LogP contribution is 2.34. The molecule has 2 rings (SSSR count). The zero-order valence-corrected chi connectivity index (χ0v) is 17.1. The van der Waals surface area contributed by atoms with Gasteiger partial charge in [-0.25, -0.2) is 0 Å². The van der Waals surface area contributed by atoms with Gasteiger partial charge in [-0.2, -0.15) is 0 Å². The Bertz CT molecular complexity index is 538. The molecule has 27 heavy (non-hydrogen) atoms. The monoisotopic (exact) mass is 376 g/mol. The Morgan fingerprint density at radius 1 is 1.26 bits per heavy atom. The molecule has 0 bridgehead atoms. The molecule has 1 aromatic rings. The highest BCUT2D eigenvalue weighted by Gasteiger charge is 2.29. The van der Waals surface area contributed by atoms with E-state index < -0.39 is 0 Å². The number of hydrogen-bond donors (Lipinski definition) is 2. The standard InChI is InChI=1S/C21H36N4O2/c1-4-22-21(23-12-14-25(2)13-8-15-26-3)24-17-19-11-16-27-20(19)18-9-6-5-7-10-18/h5-7,9-10,19-20H,4,8,11-17H2,1-3H3,(H2,22,23,24). The molecule has 0 radical (unpaired) electrons. The molecular formula is C21H36N4O2. The Morgan fingerprint density at radius 2 is 2.07 bits per heavy atom. The Labute approximate surface area is 164 Å². The number of hydrogen-bond acceptors (Lipinski definition) is 4. The van der Waals surface area contributed by atoms with E-state index in [-0.39, 0.29) is 6.10 Å². The molecule has 2 atom stereocenters. The number of likely N-dealkylation sites (N-methyl/N-ethyl adjacent to an activating group) is 1. The minimum atomic E-state index is 0.157. The third-order valence-electron chi connectivity index (χ3n) is 4.84. The van der Waals surface area contributed by atoms with Crippen LogP contribution in [0.15, 0.2) is 35.3 Å². The van der Waals surface area contributed by atoms with Crippen molar-refractivity contribution in [3.05, 3.63) is 35.9 Å². The van der Waals surface area contributed by atoms with Gasteiger partial charge in [-0.15, -0.1) is 0 Å². The lowest BCUT2D eigenvalue weighted by molar-refractivity contribution is 0.0925. The summed E-state index contributed by atoms with van der Waals surface area (Å²) in [5.74, 6) is 1.32. The fourth-order valence-electron chi connectivity index (χ4n) is 3.34. The lowest BCUT2D eigenvalue weighted by Gasteiger charge is -2.20. The van der Waals surface area contributed by atoms with Gasteiger partial charge in [0.2, 0.25) is 0 Å². The summed E-state index contributed by atoms with van der Waals surface area (Å²) in [5, 5.41) is 6.79. The summed E-state index contributed by atoms with van der Waals surface area (Å²) < 4.78 is 11.1. The zero-order chi connectivity index (χ0) is 19.3. The summed E-state index contributed by atoms with van der Waals surface area (Å²) in [7, 11) is 3.89. The Hall–Kier alpha value is -1.63. The number of ether oxygens (including phenoxy) is 2. The molecule has 6 nitrogen and oxygen atoms in total. The fraction of sp³-hybridized carbons (Fsp3) is 0.667. The number of benzene rings is 1. The van der Waals surface area contributed by atoms with Crippen molar-refractivity contribution in [2.45, 2.75) is 25.9 Å². The third-order valence-corrected chi connectivity index (χ3v) is 4.84. The van der Waals surface area contributed by atoms with Gasteiger partial charge in [0.05, 0.1) is 6.10 Å². The topological polar surface area (TPSA) is 58.1 Å². The van der Waals surface area contributed by atoms with Gasteiger partial charge in [-0.3, -0.25) is 4.99 Å². The van der Waals surface area contributed by atoms with Crippen molar-refractivity contribution in [3.8, 4) is 0 Å². The molecule has 2 N–H and O–H groups in total. The van der Waals surface area contributed by atoms with Crippen molar-refractivity contribution in [3.63, 3.8) is 0 Å². The van der Waals surface area contributed by atoms with Gasteiger partial charge in [-0.1, -0.05) is 30.3 Å². The van der Waals surface area contributed by atoms with Crippen LogP contribution in [-0.2, 0) is 9.47 Å². The van der Waals surface area contributed by atoms with Crippen LogP contribution in [0.25, 0.3) is 0 Å². The smallest absolute Gasteiger partial charge is 0.191 e. The minimum Gasteiger partial charge on any atom is -0.385 e. The van der Waals surface area contributed by atoms with E-state index in [9.17, 15) is 0 Å². The lowest BCUT2D eigenvalue weighted by atomic mass is 9.95. The first-order valence-corrected chi connectivity index (χ1v) is 10.1. The first-order valence-electron chi connectivity index (χ1n) is 10.1. The summed E-state index contributed by atoms with van der Waals surface area (Å²) in [6.45, 7) is 8.26. The van der Waals surface area contributed by atoms with E-state index in [2.05, 4.69) is 53.8 Å². The summed E-state index contributed by atoms with van der Waals surface area (Å²) in [4.78, 5) is 7.13. The molecule has 152 valence electrons. The maximum Gasteiger partial charge on any atom is 0.191 e. The summed E-state index contributed by atoms with van der Waals surface area (Å²) in [6.07, 6.45) is 2.28. The molecule has 1 aliphatic rings. The lowest BCUT2D eigenvalue weighted by Crippen LogP contribution is -2.41. The maximum absolute atomic E-state index is 5.98. The molecular weight excluding hydrogens is 340 g/mol. The molecule has 0 saturated carbocycles. The maximum atomic E-state index is 5.98. The molecule has 1 aromatic carbocycles. The molecule has 6 heteroatoms. The predicted molar refractivity (Wildman–Crippen MR) is 111 cm³/mol. The van der Waals surface area contributed by atoms with E-state index in [1.54, 1.807) is 7.11 Å². The fourth-order valence-corrected chi connectivity index (χ4v) is 3.34. The molecule has 1 heterocycles. The third kappa shape index (κ3) is 7.87. The number of methoxy groups -OCH3 is 1. The summed E-state index contributed by atoms with van der Waals surface area (Å²) >= 11 is 0. The first-order chi connectivity index (χ1) is 13.2. The predicted octanol–water partition coefficient (Wildman–Crippen LogP) is 2.29. The van der Waals surface area contributed by atoms with Crippen LogP contribution in [0.3, 0.4) is 0 Å². The quantitative estimate of drug-likeness (QED) is 0.353. The second-order valence-corrected chi connectivity index (χ2v) is 7.05. The molecule has 0 aliphatic carbocycles. The van der Waals surface area contributed by atoms with Gasteiger partial charge in [0.25, 0.3) is 0 Å². The van der Waals surface area contributed by atoms with Crippen molar-refractivity contribution in [2.75, 3.05) is 60.1 Å². The van der Waals surface area contributed by atoms with E-state index in [0.717, 1.165) is 64.7 Å². The molecule has 0 spiro atoms. The van der Waals surface area contributed by atoms with Crippen LogP contribution in [-0.4, -0.2) is 71.0 Å². The first kappa shape index (κ1) is 21.7. The zero-order valence-electron chi connectivity index (χ0n) is 17.1. The second kappa shape index (κ2) is 12.7. The molecule has 1 aliphatic heterocycles. The average Bonchev–Trinajstić information content (AvgIpc) is 3.15. The Balaban J connectivity index is 1.80. The molecule has 1 saturated heterocycles. The minimum absolute atomic E-state index is 0.157. The van der Waals surface area contributed by atoms with Gasteiger partial charge in [0, 0.05) is 59.0 Å². The summed E-state index contributed by atoms with van der Waals surface area (Å²) in [6, 6.07) is 10.5. The van der Waals surface area contributed by atoms with Crippen LogP contribution in [0.2, 0.25) is 0 Å². The second-order valence-electron chi connectivity index (χ2n) is 7.05. The van der Waals surface area contributed by atoms with E-state index >= 15 is 0 Å². The van der Waals surface area contributed by atoms with Crippen molar-refractivity contribution >= 4 is 5.96 Å². The van der Waals surface area contributed by atoms with Crippen LogP contribution in [0.4, 0.5) is 0 Å². The molecule has 0 amide bonds. The van der Waals surface area contributed by atoms with Crippen molar-refractivity contribution in [2.24, 2.45) is 10.9 Å². The van der Waals surface area contributed by atoms with E-state index in [0.29, 0.717) is 5.92 Å². The molecule has 0 aromatic heterocycles. The number of aliphatic imine (C=N–C) groups is 1. The van der Waals surface area contributed by atoms with Crippen molar-refractivity contribution < 1.29 is 9.47 Å². The Kier molecular flexibility index (Phi) is 10.2. The number of rotatable bonds is 11. The van der Waals surface area contributed by atoms with Crippen molar-refractivity contribution in [1.29, 1.82) is 0 Å². The number of nitrogens with one attached hydrogen (secondary N) is 2. The highest BCUT2D eigenvalue weighted by atomic mass is 16.5. The van der Waals surface area contributed by atoms with Crippen LogP contribution in [0.1, 0.15) is 31.4 Å². The van der Waals surface area contributed by atoms with Gasteiger partial charge >= 0.3 is 0 Å². The average molecular weight is 377 g/mol. The number of guanidine groups is 1. The van der Waals surface area contributed by atoms with Gasteiger partial charge in [-0.05, 0) is 32.4 Å². The van der Waals surface area contributed by atoms with Crippen LogP contribution >= 0.6 is 0 Å². The molecule has 2 unspecified atom stereocenters.